The third kappa shape index (κ3) is 4.67. The van der Waals surface area contributed by atoms with Gasteiger partial charge in [-0.1, -0.05) is 24.3 Å². The maximum Gasteiger partial charge on any atom is 0.343 e. The fourth-order valence-electron chi connectivity index (χ4n) is 3.35. The van der Waals surface area contributed by atoms with Gasteiger partial charge < -0.3 is 19.9 Å². The molecule has 29 heavy (non-hydrogen) atoms. The number of esters is 1. The van der Waals surface area contributed by atoms with E-state index in [4.69, 9.17) is 19.9 Å². The van der Waals surface area contributed by atoms with Crippen molar-refractivity contribution >= 4 is 22.4 Å². The van der Waals surface area contributed by atoms with Crippen LogP contribution in [0, 0.1) is 0 Å². The molecule has 3 aromatic rings. The number of ether oxygens (including phenoxy) is 3. The van der Waals surface area contributed by atoms with E-state index in [2.05, 4.69) is 4.90 Å². The van der Waals surface area contributed by atoms with Crippen LogP contribution in [0.3, 0.4) is 0 Å². The van der Waals surface area contributed by atoms with E-state index in [0.717, 1.165) is 49.4 Å². The molecule has 0 aromatic heterocycles. The summed E-state index contributed by atoms with van der Waals surface area (Å²) in [6, 6.07) is 18.1. The average Bonchev–Trinajstić information content (AvgIpc) is 2.77. The third-order valence-corrected chi connectivity index (χ3v) is 4.99. The molecule has 0 spiro atoms. The molecule has 0 aliphatic carbocycles. The molecule has 150 valence electrons. The molecule has 6 nitrogen and oxygen atoms in total. The number of fused-ring (bicyclic) bond motifs is 1. The minimum Gasteiger partial charge on any atom is -0.492 e. The first-order valence-electron chi connectivity index (χ1n) is 9.73. The molecular formula is C23H24N2O4. The Hall–Kier alpha value is -3.09. The molecule has 0 saturated carbocycles. The lowest BCUT2D eigenvalue weighted by Crippen LogP contribution is -2.38. The molecule has 0 unspecified atom stereocenters. The molecule has 1 aliphatic rings. The number of nitrogen functional groups attached to an aromatic ring is 1. The van der Waals surface area contributed by atoms with E-state index < -0.39 is 5.97 Å². The Morgan fingerprint density at radius 1 is 0.966 bits per heavy atom. The van der Waals surface area contributed by atoms with Crippen molar-refractivity contribution in [3.05, 3.63) is 66.2 Å². The second-order valence-corrected chi connectivity index (χ2v) is 6.91. The van der Waals surface area contributed by atoms with Crippen LogP contribution in [0.25, 0.3) is 10.8 Å². The lowest BCUT2D eigenvalue weighted by molar-refractivity contribution is 0.0322. The standard InChI is InChI=1S/C23H24N2O4/c24-21-9-10-22(20-4-2-1-3-19(20)21)29-23(26)17-5-7-18(8-6-17)28-16-13-25-11-14-27-15-12-25/h1-10H,11-16,24H2. The zero-order chi connectivity index (χ0) is 20.1. The highest BCUT2D eigenvalue weighted by atomic mass is 16.5. The normalized spacial score (nSPS) is 14.6. The van der Waals surface area contributed by atoms with Crippen LogP contribution in [0.1, 0.15) is 10.4 Å². The summed E-state index contributed by atoms with van der Waals surface area (Å²) in [5.41, 5.74) is 7.12. The van der Waals surface area contributed by atoms with Crippen LogP contribution in [-0.4, -0.2) is 50.3 Å². The topological polar surface area (TPSA) is 74.0 Å². The van der Waals surface area contributed by atoms with Gasteiger partial charge in [0.25, 0.3) is 0 Å². The summed E-state index contributed by atoms with van der Waals surface area (Å²) < 4.78 is 16.7. The van der Waals surface area contributed by atoms with Gasteiger partial charge in [0, 0.05) is 36.1 Å². The van der Waals surface area contributed by atoms with Gasteiger partial charge in [0.15, 0.2) is 0 Å². The number of morpholine rings is 1. The van der Waals surface area contributed by atoms with Gasteiger partial charge in [-0.25, -0.2) is 4.79 Å². The van der Waals surface area contributed by atoms with Gasteiger partial charge in [0.2, 0.25) is 0 Å². The molecular weight excluding hydrogens is 368 g/mol. The minimum atomic E-state index is -0.417. The van der Waals surface area contributed by atoms with Crippen molar-refractivity contribution in [2.24, 2.45) is 0 Å². The van der Waals surface area contributed by atoms with Gasteiger partial charge in [-0.15, -0.1) is 0 Å². The van der Waals surface area contributed by atoms with Crippen LogP contribution < -0.4 is 15.2 Å². The Balaban J connectivity index is 1.36. The average molecular weight is 392 g/mol. The summed E-state index contributed by atoms with van der Waals surface area (Å²) in [5, 5.41) is 1.67. The van der Waals surface area contributed by atoms with Gasteiger partial charge in [-0.05, 0) is 36.4 Å². The number of carbonyl (C=O) groups excluding carboxylic acids is 1. The highest BCUT2D eigenvalue weighted by Crippen LogP contribution is 2.30. The van der Waals surface area contributed by atoms with E-state index in [1.807, 2.05) is 24.3 Å². The van der Waals surface area contributed by atoms with E-state index in [-0.39, 0.29) is 0 Å². The maximum absolute atomic E-state index is 12.6. The Bertz CT molecular complexity index is 982. The molecule has 2 N–H and O–H groups in total. The smallest absolute Gasteiger partial charge is 0.343 e. The zero-order valence-corrected chi connectivity index (χ0v) is 16.2. The van der Waals surface area contributed by atoms with Crippen molar-refractivity contribution < 1.29 is 19.0 Å². The Morgan fingerprint density at radius 2 is 1.69 bits per heavy atom. The van der Waals surface area contributed by atoms with E-state index in [1.54, 1.807) is 36.4 Å². The van der Waals surface area contributed by atoms with Crippen LogP contribution in [-0.2, 0) is 4.74 Å². The van der Waals surface area contributed by atoms with E-state index in [0.29, 0.717) is 23.6 Å². The van der Waals surface area contributed by atoms with Gasteiger partial charge in [0.05, 0.1) is 18.8 Å². The molecule has 4 rings (SSSR count). The van der Waals surface area contributed by atoms with Gasteiger partial charge >= 0.3 is 5.97 Å². The summed E-state index contributed by atoms with van der Waals surface area (Å²) >= 11 is 0. The van der Waals surface area contributed by atoms with Gasteiger partial charge in [-0.2, -0.15) is 0 Å². The summed E-state index contributed by atoms with van der Waals surface area (Å²) in [7, 11) is 0. The van der Waals surface area contributed by atoms with Crippen LogP contribution >= 0.6 is 0 Å². The number of anilines is 1. The predicted octanol–water partition coefficient (Wildman–Crippen LogP) is 3.35. The molecule has 1 heterocycles. The predicted molar refractivity (Wildman–Crippen MR) is 113 cm³/mol. The summed E-state index contributed by atoms with van der Waals surface area (Å²) in [4.78, 5) is 14.9. The number of rotatable bonds is 6. The lowest BCUT2D eigenvalue weighted by atomic mass is 10.1. The second kappa shape index (κ2) is 8.94. The number of hydrogen-bond donors (Lipinski definition) is 1. The third-order valence-electron chi connectivity index (χ3n) is 4.99. The largest absolute Gasteiger partial charge is 0.492 e. The minimum absolute atomic E-state index is 0.417. The molecule has 3 aromatic carbocycles. The van der Waals surface area contributed by atoms with E-state index in [1.165, 1.54) is 0 Å². The zero-order valence-electron chi connectivity index (χ0n) is 16.2. The number of nitrogens with zero attached hydrogens (tertiary/aromatic N) is 1. The Labute approximate surface area is 169 Å². The highest BCUT2D eigenvalue weighted by molar-refractivity contribution is 6.00. The summed E-state index contributed by atoms with van der Waals surface area (Å²) in [6.07, 6.45) is 0. The van der Waals surface area contributed by atoms with Crippen molar-refractivity contribution in [1.29, 1.82) is 0 Å². The van der Waals surface area contributed by atoms with E-state index >= 15 is 0 Å². The molecule has 6 heteroatoms. The summed E-state index contributed by atoms with van der Waals surface area (Å²) in [6.45, 7) is 4.89. The quantitative estimate of drug-likeness (QED) is 0.394. The van der Waals surface area contributed by atoms with Crippen molar-refractivity contribution in [1.82, 2.24) is 4.90 Å². The maximum atomic E-state index is 12.6. The fraction of sp³-hybridized carbons (Fsp3) is 0.261. The first kappa shape index (κ1) is 19.2. The van der Waals surface area contributed by atoms with Crippen LogP contribution in [0.2, 0.25) is 0 Å². The van der Waals surface area contributed by atoms with Crippen molar-refractivity contribution in [2.45, 2.75) is 0 Å². The van der Waals surface area contributed by atoms with E-state index in [9.17, 15) is 4.79 Å². The van der Waals surface area contributed by atoms with Gasteiger partial charge in [-0.3, -0.25) is 4.90 Å². The molecule has 1 aliphatic heterocycles. The van der Waals surface area contributed by atoms with Crippen LogP contribution in [0.15, 0.2) is 60.7 Å². The Morgan fingerprint density at radius 3 is 2.45 bits per heavy atom. The number of carbonyl (C=O) groups is 1. The number of hydrogen-bond acceptors (Lipinski definition) is 6. The molecule has 0 atom stereocenters. The first-order valence-corrected chi connectivity index (χ1v) is 9.73. The SMILES string of the molecule is Nc1ccc(OC(=O)c2ccc(OCCN3CCOCC3)cc2)c2ccccc12. The second-order valence-electron chi connectivity index (χ2n) is 6.91. The van der Waals surface area contributed by atoms with Crippen molar-refractivity contribution in [3.8, 4) is 11.5 Å². The number of nitrogens with two attached hydrogens (primary N) is 1. The lowest BCUT2D eigenvalue weighted by Gasteiger charge is -2.26. The molecule has 0 radical (unpaired) electrons. The summed E-state index contributed by atoms with van der Waals surface area (Å²) in [5.74, 6) is 0.804. The molecule has 1 fully saturated rings. The van der Waals surface area contributed by atoms with Crippen LogP contribution in [0.4, 0.5) is 5.69 Å². The van der Waals surface area contributed by atoms with Crippen LogP contribution in [0.5, 0.6) is 11.5 Å². The monoisotopic (exact) mass is 392 g/mol. The highest BCUT2D eigenvalue weighted by Gasteiger charge is 2.13. The number of benzene rings is 3. The molecule has 0 bridgehead atoms. The molecule has 0 amide bonds. The first-order chi connectivity index (χ1) is 14.2. The molecule has 1 saturated heterocycles. The Kier molecular flexibility index (Phi) is 5.93. The van der Waals surface area contributed by atoms with Gasteiger partial charge in [0.1, 0.15) is 18.1 Å². The fourth-order valence-corrected chi connectivity index (χ4v) is 3.35. The van der Waals surface area contributed by atoms with Crippen molar-refractivity contribution in [3.63, 3.8) is 0 Å². The van der Waals surface area contributed by atoms with Crippen molar-refractivity contribution in [2.75, 3.05) is 45.2 Å².